The minimum Gasteiger partial charge on any atom is -0.455 e. The van der Waals surface area contributed by atoms with Gasteiger partial charge in [0, 0.05) is 33.2 Å². The fraction of sp³-hybridized carbons (Fsp3) is 0. The number of anilines is 3. The lowest BCUT2D eigenvalue weighted by molar-refractivity contribution is 0.672. The van der Waals surface area contributed by atoms with Crippen LogP contribution < -0.4 is 4.90 Å². The van der Waals surface area contributed by atoms with E-state index in [1.807, 2.05) is 12.1 Å². The summed E-state index contributed by atoms with van der Waals surface area (Å²) < 4.78 is 6.30. The molecule has 0 spiro atoms. The van der Waals surface area contributed by atoms with Crippen molar-refractivity contribution in [3.8, 4) is 33.4 Å². The molecule has 0 N–H and O–H groups in total. The molecule has 0 radical (unpaired) electrons. The third-order valence-electron chi connectivity index (χ3n) is 9.28. The summed E-state index contributed by atoms with van der Waals surface area (Å²) in [5, 5.41) is 4.61. The number of hydrogen-bond donors (Lipinski definition) is 0. The number of furan rings is 1. The van der Waals surface area contributed by atoms with Crippen molar-refractivity contribution in [2.24, 2.45) is 0 Å². The zero-order valence-corrected chi connectivity index (χ0v) is 26.3. The largest absolute Gasteiger partial charge is 0.455 e. The van der Waals surface area contributed by atoms with Crippen molar-refractivity contribution in [1.82, 2.24) is 0 Å². The van der Waals surface area contributed by atoms with Gasteiger partial charge in [-0.15, -0.1) is 0 Å². The van der Waals surface area contributed by atoms with E-state index in [1.54, 1.807) is 0 Å². The lowest BCUT2D eigenvalue weighted by Crippen LogP contribution is -2.09. The molecule has 0 aliphatic carbocycles. The molecule has 9 aromatic rings. The third kappa shape index (κ3) is 5.01. The molecule has 2 nitrogen and oxygen atoms in total. The van der Waals surface area contributed by atoms with E-state index in [0.29, 0.717) is 0 Å². The van der Waals surface area contributed by atoms with Crippen LogP contribution >= 0.6 is 0 Å². The Morgan fingerprint density at radius 1 is 0.312 bits per heavy atom. The Morgan fingerprint density at radius 3 is 1.31 bits per heavy atom. The van der Waals surface area contributed by atoms with Gasteiger partial charge < -0.3 is 9.32 Å². The molecule has 0 saturated heterocycles. The van der Waals surface area contributed by atoms with E-state index in [2.05, 4.69) is 181 Å². The van der Waals surface area contributed by atoms with E-state index >= 15 is 0 Å². The van der Waals surface area contributed by atoms with Crippen molar-refractivity contribution in [1.29, 1.82) is 0 Å². The first-order chi connectivity index (χ1) is 23.8. The van der Waals surface area contributed by atoms with Crippen LogP contribution in [0.15, 0.2) is 192 Å². The summed E-state index contributed by atoms with van der Waals surface area (Å²) in [6.07, 6.45) is 0. The quantitative estimate of drug-likeness (QED) is 0.185. The first kappa shape index (κ1) is 27.9. The predicted molar refractivity (Wildman–Crippen MR) is 202 cm³/mol. The van der Waals surface area contributed by atoms with Crippen LogP contribution in [0.4, 0.5) is 17.1 Å². The van der Waals surface area contributed by atoms with Crippen molar-refractivity contribution in [3.63, 3.8) is 0 Å². The molecule has 2 heteroatoms. The monoisotopic (exact) mass is 613 g/mol. The molecule has 1 aromatic heterocycles. The van der Waals surface area contributed by atoms with Crippen molar-refractivity contribution >= 4 is 49.8 Å². The SMILES string of the molecule is c1ccc(-c2ccc(N(c3ccc(-c4ccccc4)cc3)c3ccc(-c4ccc5c(ccc6c7ccccc7oc56)c4)cc3)cc2)cc1. The first-order valence-electron chi connectivity index (χ1n) is 16.3. The Morgan fingerprint density at radius 2 is 0.750 bits per heavy atom. The molecule has 0 aliphatic heterocycles. The fourth-order valence-electron chi connectivity index (χ4n) is 6.81. The van der Waals surface area contributed by atoms with Crippen LogP contribution in [0.2, 0.25) is 0 Å². The second-order valence-electron chi connectivity index (χ2n) is 12.2. The van der Waals surface area contributed by atoms with Gasteiger partial charge in [0.25, 0.3) is 0 Å². The maximum atomic E-state index is 6.30. The molecule has 9 rings (SSSR count). The minimum atomic E-state index is 0.925. The second kappa shape index (κ2) is 11.8. The highest BCUT2D eigenvalue weighted by molar-refractivity contribution is 6.15. The summed E-state index contributed by atoms with van der Waals surface area (Å²) in [5.74, 6) is 0. The van der Waals surface area contributed by atoms with E-state index in [0.717, 1.165) is 44.4 Å². The zero-order chi connectivity index (χ0) is 31.9. The molecule has 0 amide bonds. The topological polar surface area (TPSA) is 16.4 Å². The van der Waals surface area contributed by atoms with Gasteiger partial charge in [-0.05, 0) is 99.4 Å². The van der Waals surface area contributed by atoms with Gasteiger partial charge in [0.2, 0.25) is 0 Å². The Balaban J connectivity index is 1.08. The van der Waals surface area contributed by atoms with Crippen LogP contribution in [0.3, 0.4) is 0 Å². The number of fused-ring (bicyclic) bond motifs is 5. The summed E-state index contributed by atoms with van der Waals surface area (Å²) in [7, 11) is 0. The van der Waals surface area contributed by atoms with Crippen LogP contribution in [0.5, 0.6) is 0 Å². The fourth-order valence-corrected chi connectivity index (χ4v) is 6.81. The van der Waals surface area contributed by atoms with Crippen LogP contribution in [-0.2, 0) is 0 Å². The average Bonchev–Trinajstić information content (AvgIpc) is 3.56. The van der Waals surface area contributed by atoms with E-state index in [4.69, 9.17) is 4.42 Å². The Kier molecular flexibility index (Phi) is 6.84. The molecule has 0 unspecified atom stereocenters. The molecule has 226 valence electrons. The maximum absolute atomic E-state index is 6.30. The number of rotatable bonds is 6. The maximum Gasteiger partial charge on any atom is 0.143 e. The molecule has 0 atom stereocenters. The second-order valence-corrected chi connectivity index (χ2v) is 12.2. The van der Waals surface area contributed by atoms with E-state index in [1.165, 1.54) is 38.8 Å². The van der Waals surface area contributed by atoms with Crippen molar-refractivity contribution < 1.29 is 4.42 Å². The van der Waals surface area contributed by atoms with Crippen LogP contribution in [0, 0.1) is 0 Å². The minimum absolute atomic E-state index is 0.925. The molecule has 0 bridgehead atoms. The van der Waals surface area contributed by atoms with Crippen molar-refractivity contribution in [2.45, 2.75) is 0 Å². The summed E-state index contributed by atoms with van der Waals surface area (Å²) in [6.45, 7) is 0. The standard InChI is InChI=1S/C46H31NO/c1-3-9-32(10-4-1)34-15-23-39(24-16-34)47(40-25-17-35(18-26-40)33-11-5-2-6-12-33)41-27-19-36(20-28-41)37-21-29-42-38(31-37)22-30-44-43-13-7-8-14-45(43)48-46(42)44/h1-31H. The molecule has 0 fully saturated rings. The predicted octanol–water partition coefficient (Wildman–Crippen LogP) is 13.2. The molecule has 1 heterocycles. The zero-order valence-electron chi connectivity index (χ0n) is 26.3. The summed E-state index contributed by atoms with van der Waals surface area (Å²) >= 11 is 0. The number of para-hydroxylation sites is 1. The molecule has 0 saturated carbocycles. The van der Waals surface area contributed by atoms with Crippen molar-refractivity contribution in [3.05, 3.63) is 188 Å². The molecule has 0 aliphatic rings. The summed E-state index contributed by atoms with van der Waals surface area (Å²) in [6, 6.07) is 66.9. The van der Waals surface area contributed by atoms with Gasteiger partial charge in [0.1, 0.15) is 11.2 Å². The normalized spacial score (nSPS) is 11.3. The Bertz CT molecular complexity index is 2430. The van der Waals surface area contributed by atoms with Gasteiger partial charge in [0.05, 0.1) is 0 Å². The van der Waals surface area contributed by atoms with Crippen LogP contribution in [-0.4, -0.2) is 0 Å². The third-order valence-corrected chi connectivity index (χ3v) is 9.28. The van der Waals surface area contributed by atoms with Crippen LogP contribution in [0.25, 0.3) is 66.1 Å². The summed E-state index contributed by atoms with van der Waals surface area (Å²) in [4.78, 5) is 2.33. The first-order valence-corrected chi connectivity index (χ1v) is 16.3. The molecule has 8 aromatic carbocycles. The molecular formula is C46H31NO. The highest BCUT2D eigenvalue weighted by Crippen LogP contribution is 2.39. The Labute approximate surface area is 279 Å². The highest BCUT2D eigenvalue weighted by atomic mass is 16.3. The summed E-state index contributed by atoms with van der Waals surface area (Å²) in [5.41, 5.74) is 12.4. The van der Waals surface area contributed by atoms with Gasteiger partial charge >= 0.3 is 0 Å². The number of hydrogen-bond acceptors (Lipinski definition) is 2. The van der Waals surface area contributed by atoms with Crippen LogP contribution in [0.1, 0.15) is 0 Å². The van der Waals surface area contributed by atoms with Crippen molar-refractivity contribution in [2.75, 3.05) is 4.90 Å². The van der Waals surface area contributed by atoms with Gasteiger partial charge in [-0.3, -0.25) is 0 Å². The molecule has 48 heavy (non-hydrogen) atoms. The average molecular weight is 614 g/mol. The number of benzene rings is 8. The van der Waals surface area contributed by atoms with E-state index in [9.17, 15) is 0 Å². The highest BCUT2D eigenvalue weighted by Gasteiger charge is 2.15. The van der Waals surface area contributed by atoms with E-state index < -0.39 is 0 Å². The Hall–Kier alpha value is -6.38. The smallest absolute Gasteiger partial charge is 0.143 e. The van der Waals surface area contributed by atoms with Gasteiger partial charge in [0.15, 0.2) is 0 Å². The number of nitrogens with zero attached hydrogens (tertiary/aromatic N) is 1. The lowest BCUT2D eigenvalue weighted by atomic mass is 9.99. The lowest BCUT2D eigenvalue weighted by Gasteiger charge is -2.26. The van der Waals surface area contributed by atoms with Gasteiger partial charge in [-0.25, -0.2) is 0 Å². The van der Waals surface area contributed by atoms with Gasteiger partial charge in [-0.2, -0.15) is 0 Å². The van der Waals surface area contributed by atoms with Gasteiger partial charge in [-0.1, -0.05) is 127 Å². The van der Waals surface area contributed by atoms with E-state index in [-0.39, 0.29) is 0 Å². The molecular weight excluding hydrogens is 583 g/mol.